The monoisotopic (exact) mass is 934 g/mol. The maximum absolute atomic E-state index is 6.58. The number of ether oxygens (including phenoxy) is 4. The molecule has 4 saturated carbocycles. The standard InChI is InChI=1S/C62H111NO4/c1-6-7-8-9-10-11-12-13-14-15-16-17-18-19-20-25-42-65-50-57(49-63-41-38-52-29-22-23-30-53(52)48-63)67-46-27-44-64-43-26-45-66-56-36-39-62(5)55(47-56)32-34-58-59-35-33-54(31-24-21-28-51(2)3)61(59,4)40-37-60(58)62/h13-14,32,51-54,56-60H,6-12,15-31,33-50H2,1-5H3/b14-13-/t52?,53?,54?,56?,57?,58?,59?,60?,61?,62-/m0/s1. The fraction of sp³-hybridized carbons (Fsp3) is 0.935. The van der Waals surface area contributed by atoms with Gasteiger partial charge in [0.15, 0.2) is 0 Å². The highest BCUT2D eigenvalue weighted by Gasteiger charge is 2.58. The molecule has 5 fully saturated rings. The maximum atomic E-state index is 6.58. The van der Waals surface area contributed by atoms with Gasteiger partial charge in [-0.1, -0.05) is 155 Å². The normalized spacial score (nSPS) is 31.4. The van der Waals surface area contributed by atoms with E-state index >= 15 is 0 Å². The van der Waals surface area contributed by atoms with Crippen LogP contribution in [0.2, 0.25) is 0 Å². The molecule has 5 nitrogen and oxygen atoms in total. The van der Waals surface area contributed by atoms with Crippen LogP contribution in [-0.2, 0) is 18.9 Å². The minimum Gasteiger partial charge on any atom is -0.381 e. The number of hydrogen-bond acceptors (Lipinski definition) is 5. The number of rotatable bonds is 35. The Morgan fingerprint density at radius 3 is 2.16 bits per heavy atom. The van der Waals surface area contributed by atoms with E-state index in [4.69, 9.17) is 18.9 Å². The second-order valence-corrected chi connectivity index (χ2v) is 24.7. The third-order valence-corrected chi connectivity index (χ3v) is 19.4. The fourth-order valence-corrected chi connectivity index (χ4v) is 15.2. The predicted molar refractivity (Wildman–Crippen MR) is 285 cm³/mol. The lowest BCUT2D eigenvalue weighted by atomic mass is 9.47. The van der Waals surface area contributed by atoms with Gasteiger partial charge in [0, 0.05) is 46.1 Å². The molecule has 0 aromatic carbocycles. The average Bonchev–Trinajstić information content (AvgIpc) is 3.67. The Bertz CT molecular complexity index is 1360. The van der Waals surface area contributed by atoms with Gasteiger partial charge in [-0.15, -0.1) is 0 Å². The third kappa shape index (κ3) is 18.1. The van der Waals surface area contributed by atoms with Crippen molar-refractivity contribution in [2.45, 2.75) is 259 Å². The van der Waals surface area contributed by atoms with Crippen LogP contribution in [0.15, 0.2) is 23.8 Å². The van der Waals surface area contributed by atoms with Gasteiger partial charge in [-0.2, -0.15) is 0 Å². The van der Waals surface area contributed by atoms with Crippen molar-refractivity contribution in [2.75, 3.05) is 59.3 Å². The van der Waals surface area contributed by atoms with Crippen molar-refractivity contribution in [3.8, 4) is 0 Å². The number of unbranched alkanes of at least 4 members (excludes halogenated alkanes) is 13. The molecule has 0 aromatic heterocycles. The first-order valence-electron chi connectivity index (χ1n) is 30.3. The minimum atomic E-state index is 0.160. The van der Waals surface area contributed by atoms with Gasteiger partial charge in [-0.25, -0.2) is 0 Å². The Kier molecular flexibility index (Phi) is 25.7. The van der Waals surface area contributed by atoms with Crippen LogP contribution in [0.4, 0.5) is 0 Å². The van der Waals surface area contributed by atoms with Gasteiger partial charge in [-0.3, -0.25) is 0 Å². The fourth-order valence-electron chi connectivity index (χ4n) is 15.2. The molecule has 1 heterocycles. The van der Waals surface area contributed by atoms with Crippen LogP contribution < -0.4 is 0 Å². The van der Waals surface area contributed by atoms with Crippen molar-refractivity contribution in [3.05, 3.63) is 23.8 Å². The minimum absolute atomic E-state index is 0.160. The number of allylic oxidation sites excluding steroid dienone is 3. The molecular formula is C62H111NO4. The van der Waals surface area contributed by atoms with Crippen LogP contribution in [-0.4, -0.2) is 76.4 Å². The molecule has 388 valence electrons. The molecule has 0 aromatic rings. The Labute approximate surface area is 416 Å². The summed E-state index contributed by atoms with van der Waals surface area (Å²) in [5.74, 6) is 6.48. The quantitative estimate of drug-likeness (QED) is 0.0468. The lowest BCUT2D eigenvalue weighted by Gasteiger charge is -2.58. The van der Waals surface area contributed by atoms with E-state index in [-0.39, 0.29) is 6.10 Å². The van der Waals surface area contributed by atoms with Crippen LogP contribution in [0.5, 0.6) is 0 Å². The van der Waals surface area contributed by atoms with E-state index in [2.05, 4.69) is 57.7 Å². The van der Waals surface area contributed by atoms with Gasteiger partial charge in [0.1, 0.15) is 0 Å². The van der Waals surface area contributed by atoms with Gasteiger partial charge < -0.3 is 23.8 Å². The lowest BCUT2D eigenvalue weighted by molar-refractivity contribution is -0.0604. The Balaban J connectivity index is 0.800. The molecular weight excluding hydrogens is 823 g/mol. The van der Waals surface area contributed by atoms with Gasteiger partial charge >= 0.3 is 0 Å². The zero-order valence-electron chi connectivity index (χ0n) is 45.2. The SMILES string of the molecule is CCCCCCCC/C=C\CCCCCCCCOCC(CN1CCC2CCCCC2C1)OCCCOCCCOC1CC[C@@]2(C)C(=CCC3C4CCC(CCCCC(C)C)C4(C)CCC32)C1. The molecule has 67 heavy (non-hydrogen) atoms. The summed E-state index contributed by atoms with van der Waals surface area (Å²) in [7, 11) is 0. The van der Waals surface area contributed by atoms with Crippen LogP contribution in [0.1, 0.15) is 247 Å². The largest absolute Gasteiger partial charge is 0.381 e. The average molecular weight is 935 g/mol. The van der Waals surface area contributed by atoms with Crippen molar-refractivity contribution in [1.29, 1.82) is 0 Å². The second kappa shape index (κ2) is 31.0. The van der Waals surface area contributed by atoms with Crippen LogP contribution in [0, 0.1) is 52.3 Å². The number of hydrogen-bond donors (Lipinski definition) is 0. The van der Waals surface area contributed by atoms with E-state index in [1.54, 1.807) is 5.57 Å². The van der Waals surface area contributed by atoms with Crippen molar-refractivity contribution >= 4 is 0 Å². The molecule has 1 saturated heterocycles. The van der Waals surface area contributed by atoms with Gasteiger partial charge in [0.05, 0.1) is 18.8 Å². The summed E-state index contributed by atoms with van der Waals surface area (Å²) in [5.41, 5.74) is 2.77. The highest BCUT2D eigenvalue weighted by molar-refractivity contribution is 5.25. The van der Waals surface area contributed by atoms with Crippen LogP contribution in [0.3, 0.4) is 0 Å². The van der Waals surface area contributed by atoms with Gasteiger partial charge in [0.25, 0.3) is 0 Å². The van der Waals surface area contributed by atoms with E-state index in [9.17, 15) is 0 Å². The molecule has 5 aliphatic carbocycles. The molecule has 6 aliphatic rings. The van der Waals surface area contributed by atoms with E-state index < -0.39 is 0 Å². The van der Waals surface area contributed by atoms with E-state index in [1.165, 1.54) is 212 Å². The number of likely N-dealkylation sites (tertiary alicyclic amines) is 1. The highest BCUT2D eigenvalue weighted by Crippen LogP contribution is 2.67. The Hall–Kier alpha value is -0.720. The van der Waals surface area contributed by atoms with Crippen LogP contribution >= 0.6 is 0 Å². The topological polar surface area (TPSA) is 40.2 Å². The zero-order chi connectivity index (χ0) is 47.0. The van der Waals surface area contributed by atoms with Crippen LogP contribution in [0.25, 0.3) is 0 Å². The molecule has 0 amide bonds. The Morgan fingerprint density at radius 1 is 0.672 bits per heavy atom. The Morgan fingerprint density at radius 2 is 1.39 bits per heavy atom. The van der Waals surface area contributed by atoms with Crippen molar-refractivity contribution in [1.82, 2.24) is 4.90 Å². The summed E-state index contributed by atoms with van der Waals surface area (Å²) in [6, 6.07) is 0. The zero-order valence-corrected chi connectivity index (χ0v) is 45.2. The highest BCUT2D eigenvalue weighted by atomic mass is 16.5. The third-order valence-electron chi connectivity index (χ3n) is 19.4. The van der Waals surface area contributed by atoms with Gasteiger partial charge in [-0.05, 0) is 174 Å². The molecule has 0 radical (unpaired) electrons. The molecule has 9 unspecified atom stereocenters. The van der Waals surface area contributed by atoms with E-state index in [1.807, 2.05) is 0 Å². The van der Waals surface area contributed by atoms with Gasteiger partial charge in [0.2, 0.25) is 0 Å². The summed E-state index contributed by atoms with van der Waals surface area (Å²) in [5, 5.41) is 0. The smallest absolute Gasteiger partial charge is 0.0934 e. The number of piperidine rings is 1. The molecule has 0 bridgehead atoms. The molecule has 5 heteroatoms. The molecule has 1 aliphatic heterocycles. The first kappa shape index (κ1) is 55.6. The first-order valence-corrected chi connectivity index (χ1v) is 30.3. The van der Waals surface area contributed by atoms with E-state index in [0.717, 1.165) is 100 Å². The first-order chi connectivity index (χ1) is 32.8. The summed E-state index contributed by atoms with van der Waals surface area (Å²) in [4.78, 5) is 2.71. The molecule has 0 spiro atoms. The second-order valence-electron chi connectivity index (χ2n) is 24.7. The van der Waals surface area contributed by atoms with Crippen molar-refractivity contribution in [3.63, 3.8) is 0 Å². The lowest BCUT2D eigenvalue weighted by Crippen LogP contribution is -2.50. The molecule has 0 N–H and O–H groups in total. The summed E-state index contributed by atoms with van der Waals surface area (Å²) in [6.07, 6.45) is 52.9. The van der Waals surface area contributed by atoms with E-state index in [0.29, 0.717) is 16.9 Å². The van der Waals surface area contributed by atoms with Crippen molar-refractivity contribution < 1.29 is 18.9 Å². The van der Waals surface area contributed by atoms with Crippen molar-refractivity contribution in [2.24, 2.45) is 52.3 Å². The summed E-state index contributed by atoms with van der Waals surface area (Å²) >= 11 is 0. The maximum Gasteiger partial charge on any atom is 0.0934 e. The molecule has 10 atom stereocenters. The number of nitrogens with zero attached hydrogens (tertiary/aromatic N) is 1. The number of fused-ring (bicyclic) bond motifs is 6. The summed E-state index contributed by atoms with van der Waals surface area (Å²) in [6.45, 7) is 20.7. The molecule has 6 rings (SSSR count). The summed E-state index contributed by atoms with van der Waals surface area (Å²) < 4.78 is 25.6. The predicted octanol–water partition coefficient (Wildman–Crippen LogP) is 16.9.